The summed E-state index contributed by atoms with van der Waals surface area (Å²) >= 11 is 1.24. The largest absolute Gasteiger partial charge is 0.353 e. The molecule has 134 valence electrons. The number of carbonyl (C=O) groups excluding carboxylic acids is 1. The van der Waals surface area contributed by atoms with Crippen molar-refractivity contribution in [2.75, 3.05) is 5.75 Å². The predicted molar refractivity (Wildman–Crippen MR) is 102 cm³/mol. The molecular weight excluding hydrogens is 334 g/mol. The first kappa shape index (κ1) is 18.0. The van der Waals surface area contributed by atoms with E-state index >= 15 is 0 Å². The maximum Gasteiger partial charge on any atom is 0.283 e. The third-order valence-electron chi connectivity index (χ3n) is 4.70. The number of hydrogen-bond donors (Lipinski definition) is 1. The van der Waals surface area contributed by atoms with Crippen LogP contribution in [-0.2, 0) is 11.3 Å². The Morgan fingerprint density at radius 2 is 1.96 bits per heavy atom. The van der Waals surface area contributed by atoms with Gasteiger partial charge < -0.3 is 9.88 Å². The van der Waals surface area contributed by atoms with Crippen LogP contribution in [0, 0.1) is 0 Å². The monoisotopic (exact) mass is 359 g/mol. The molecule has 3 rings (SSSR count). The summed E-state index contributed by atoms with van der Waals surface area (Å²) in [6.45, 7) is 2.53. The lowest BCUT2D eigenvalue weighted by molar-refractivity contribution is -0.119. The van der Waals surface area contributed by atoms with E-state index in [1.165, 1.54) is 37.4 Å². The summed E-state index contributed by atoms with van der Waals surface area (Å²) in [4.78, 5) is 29.3. The summed E-state index contributed by atoms with van der Waals surface area (Å²) in [5, 5.41) is 3.52. The van der Waals surface area contributed by atoms with Gasteiger partial charge >= 0.3 is 0 Å². The standard InChI is InChI=1S/C19H25N3O2S/c1-2-22-16-12-8-7-11-15(16)21-18(19(22)24)25-13-17(23)20-14-9-5-3-4-6-10-14/h7-8,11-12,14H,2-6,9-10,13H2,1H3,(H,20,23). The summed E-state index contributed by atoms with van der Waals surface area (Å²) in [5.41, 5.74) is 1.51. The first-order valence-electron chi connectivity index (χ1n) is 9.10. The van der Waals surface area contributed by atoms with Crippen molar-refractivity contribution in [1.82, 2.24) is 14.9 Å². The molecule has 1 saturated carbocycles. The van der Waals surface area contributed by atoms with Crippen LogP contribution in [0.25, 0.3) is 11.0 Å². The van der Waals surface area contributed by atoms with Gasteiger partial charge in [0.15, 0.2) is 5.03 Å². The van der Waals surface area contributed by atoms with Crippen LogP contribution in [0.2, 0.25) is 0 Å². The van der Waals surface area contributed by atoms with Gasteiger partial charge in [-0.2, -0.15) is 0 Å². The van der Waals surface area contributed by atoms with Crippen molar-refractivity contribution in [3.63, 3.8) is 0 Å². The number of rotatable bonds is 5. The fourth-order valence-electron chi connectivity index (χ4n) is 3.40. The number of aromatic nitrogens is 2. The molecule has 1 heterocycles. The normalized spacial score (nSPS) is 15.9. The molecule has 0 unspecified atom stereocenters. The molecule has 0 aliphatic heterocycles. The SMILES string of the molecule is CCn1c(=O)c(SCC(=O)NC2CCCCCC2)nc2ccccc21. The third kappa shape index (κ3) is 4.42. The van der Waals surface area contributed by atoms with Crippen molar-refractivity contribution in [2.24, 2.45) is 0 Å². The molecule has 1 aromatic heterocycles. The summed E-state index contributed by atoms with van der Waals surface area (Å²) in [7, 11) is 0. The second-order valence-corrected chi connectivity index (χ2v) is 7.46. The Bertz CT molecular complexity index is 795. The van der Waals surface area contributed by atoms with E-state index in [-0.39, 0.29) is 23.3 Å². The average Bonchev–Trinajstić information content (AvgIpc) is 2.88. The zero-order valence-electron chi connectivity index (χ0n) is 14.7. The van der Waals surface area contributed by atoms with Crippen molar-refractivity contribution in [3.05, 3.63) is 34.6 Å². The Morgan fingerprint density at radius 3 is 2.68 bits per heavy atom. The van der Waals surface area contributed by atoms with Crippen LogP contribution in [0.15, 0.2) is 34.1 Å². The number of amides is 1. The van der Waals surface area contributed by atoms with Crippen molar-refractivity contribution < 1.29 is 4.79 Å². The molecule has 1 amide bonds. The van der Waals surface area contributed by atoms with E-state index in [9.17, 15) is 9.59 Å². The Balaban J connectivity index is 1.69. The highest BCUT2D eigenvalue weighted by Crippen LogP contribution is 2.19. The van der Waals surface area contributed by atoms with E-state index in [0.29, 0.717) is 11.6 Å². The quantitative estimate of drug-likeness (QED) is 0.657. The molecule has 1 aliphatic carbocycles. The Morgan fingerprint density at radius 1 is 1.24 bits per heavy atom. The molecule has 1 fully saturated rings. The van der Waals surface area contributed by atoms with Crippen molar-refractivity contribution in [3.8, 4) is 0 Å². The molecule has 1 aliphatic rings. The second-order valence-electron chi connectivity index (χ2n) is 6.50. The predicted octanol–water partition coefficient (Wildman–Crippen LogP) is 3.35. The van der Waals surface area contributed by atoms with E-state index in [1.807, 2.05) is 31.2 Å². The molecule has 6 heteroatoms. The lowest BCUT2D eigenvalue weighted by Gasteiger charge is -2.16. The Kier molecular flexibility index (Phi) is 6.13. The van der Waals surface area contributed by atoms with Gasteiger partial charge in [-0.05, 0) is 31.9 Å². The minimum Gasteiger partial charge on any atom is -0.353 e. The second kappa shape index (κ2) is 8.52. The smallest absolute Gasteiger partial charge is 0.283 e. The number of benzene rings is 1. The van der Waals surface area contributed by atoms with Gasteiger partial charge in [-0.15, -0.1) is 0 Å². The number of para-hydroxylation sites is 2. The van der Waals surface area contributed by atoms with Crippen LogP contribution in [0.5, 0.6) is 0 Å². The molecular formula is C19H25N3O2S. The van der Waals surface area contributed by atoms with Crippen LogP contribution in [0.1, 0.15) is 45.4 Å². The summed E-state index contributed by atoms with van der Waals surface area (Å²) in [6, 6.07) is 7.90. The van der Waals surface area contributed by atoms with Crippen molar-refractivity contribution in [1.29, 1.82) is 0 Å². The van der Waals surface area contributed by atoms with Gasteiger partial charge in [0.1, 0.15) is 0 Å². The fourth-order valence-corrected chi connectivity index (χ4v) is 4.15. The molecule has 1 aromatic carbocycles. The maximum atomic E-state index is 12.6. The Labute approximate surface area is 152 Å². The topological polar surface area (TPSA) is 64.0 Å². The van der Waals surface area contributed by atoms with Crippen LogP contribution in [0.3, 0.4) is 0 Å². The number of nitrogens with one attached hydrogen (secondary N) is 1. The Hall–Kier alpha value is -1.82. The van der Waals surface area contributed by atoms with Gasteiger partial charge in [-0.25, -0.2) is 4.98 Å². The lowest BCUT2D eigenvalue weighted by Crippen LogP contribution is -2.35. The number of carbonyl (C=O) groups is 1. The molecule has 0 atom stereocenters. The van der Waals surface area contributed by atoms with Gasteiger partial charge in [-0.3, -0.25) is 9.59 Å². The van der Waals surface area contributed by atoms with Crippen molar-refractivity contribution in [2.45, 2.75) is 63.1 Å². The number of aryl methyl sites for hydroxylation is 1. The van der Waals surface area contributed by atoms with Crippen molar-refractivity contribution >= 4 is 28.7 Å². The number of nitrogens with zero attached hydrogens (tertiary/aromatic N) is 2. The third-order valence-corrected chi connectivity index (χ3v) is 5.64. The molecule has 5 nitrogen and oxygen atoms in total. The van der Waals surface area contributed by atoms with E-state index in [4.69, 9.17) is 0 Å². The molecule has 0 radical (unpaired) electrons. The minimum absolute atomic E-state index is 0.00527. The van der Waals surface area contributed by atoms with E-state index in [0.717, 1.165) is 23.9 Å². The molecule has 0 saturated heterocycles. The van der Waals surface area contributed by atoms with Gasteiger partial charge in [0.2, 0.25) is 5.91 Å². The zero-order chi connectivity index (χ0) is 17.6. The molecule has 1 N–H and O–H groups in total. The van der Waals surface area contributed by atoms with Crippen LogP contribution >= 0.6 is 11.8 Å². The molecule has 25 heavy (non-hydrogen) atoms. The van der Waals surface area contributed by atoms with E-state index < -0.39 is 0 Å². The van der Waals surface area contributed by atoms with Gasteiger partial charge in [-0.1, -0.05) is 49.6 Å². The summed E-state index contributed by atoms with van der Waals surface area (Å²) in [6.07, 6.45) is 7.02. The highest BCUT2D eigenvalue weighted by molar-refractivity contribution is 7.99. The van der Waals surface area contributed by atoms with E-state index in [2.05, 4.69) is 10.3 Å². The highest BCUT2D eigenvalue weighted by atomic mass is 32.2. The molecule has 2 aromatic rings. The summed E-state index contributed by atoms with van der Waals surface area (Å²) in [5.74, 6) is 0.232. The number of fused-ring (bicyclic) bond motifs is 1. The van der Waals surface area contributed by atoms with Crippen LogP contribution in [-0.4, -0.2) is 27.3 Å². The first-order chi connectivity index (χ1) is 12.2. The van der Waals surface area contributed by atoms with E-state index in [1.54, 1.807) is 4.57 Å². The summed E-state index contributed by atoms with van der Waals surface area (Å²) < 4.78 is 1.72. The number of thioether (sulfide) groups is 1. The average molecular weight is 359 g/mol. The maximum absolute atomic E-state index is 12.6. The molecule has 0 bridgehead atoms. The van der Waals surface area contributed by atoms with Crippen LogP contribution < -0.4 is 10.9 Å². The minimum atomic E-state index is -0.117. The highest BCUT2D eigenvalue weighted by Gasteiger charge is 2.16. The van der Waals surface area contributed by atoms with Crippen LogP contribution in [0.4, 0.5) is 0 Å². The number of hydrogen-bond acceptors (Lipinski definition) is 4. The van der Waals surface area contributed by atoms with Gasteiger partial charge in [0.05, 0.1) is 16.8 Å². The first-order valence-corrected chi connectivity index (χ1v) is 10.1. The van der Waals surface area contributed by atoms with Gasteiger partial charge in [0.25, 0.3) is 5.56 Å². The fraction of sp³-hybridized carbons (Fsp3) is 0.526. The molecule has 0 spiro atoms. The van der Waals surface area contributed by atoms with Gasteiger partial charge in [0, 0.05) is 12.6 Å². The zero-order valence-corrected chi connectivity index (χ0v) is 15.5. The lowest BCUT2D eigenvalue weighted by atomic mass is 10.1.